The van der Waals surface area contributed by atoms with Gasteiger partial charge in [0.2, 0.25) is 0 Å². The van der Waals surface area contributed by atoms with Crippen LogP contribution in [-0.4, -0.2) is 25.3 Å². The van der Waals surface area contributed by atoms with E-state index in [0.717, 1.165) is 11.3 Å². The van der Waals surface area contributed by atoms with Gasteiger partial charge in [-0.05, 0) is 50.2 Å². The molecule has 0 aliphatic carbocycles. The maximum absolute atomic E-state index is 11.9. The zero-order valence-electron chi connectivity index (χ0n) is 13.7. The van der Waals surface area contributed by atoms with E-state index < -0.39 is 12.1 Å². The minimum atomic E-state index is -0.739. The Morgan fingerprint density at radius 2 is 1.67 bits per heavy atom. The van der Waals surface area contributed by atoms with Crippen LogP contribution in [0.15, 0.2) is 48.5 Å². The molecule has 0 bridgehead atoms. The Morgan fingerprint density at radius 3 is 2.29 bits per heavy atom. The monoisotopic (exact) mass is 325 g/mol. The van der Waals surface area contributed by atoms with E-state index in [9.17, 15) is 4.79 Å². The predicted octanol–water partition coefficient (Wildman–Crippen LogP) is 3.26. The normalized spacial score (nSPS) is 11.2. The third-order valence-electron chi connectivity index (χ3n) is 3.25. The lowest BCUT2D eigenvalue weighted by Crippen LogP contribution is -2.27. The Hall–Kier alpha value is -3.00. The molecular formula is C19H19NO4. The molecule has 2 rings (SSSR count). The third kappa shape index (κ3) is 5.33. The number of carbonyl (C=O) groups is 1. The summed E-state index contributed by atoms with van der Waals surface area (Å²) in [7, 11) is 0. The number of benzene rings is 2. The molecule has 0 spiro atoms. The van der Waals surface area contributed by atoms with Crippen molar-refractivity contribution in [1.82, 2.24) is 0 Å². The maximum atomic E-state index is 11.9. The first-order valence-electron chi connectivity index (χ1n) is 7.61. The Balaban J connectivity index is 1.71. The van der Waals surface area contributed by atoms with E-state index in [1.54, 1.807) is 31.2 Å². The fourth-order valence-corrected chi connectivity index (χ4v) is 1.91. The summed E-state index contributed by atoms with van der Waals surface area (Å²) in [4.78, 5) is 11.9. The number of ether oxygens (including phenoxy) is 3. The van der Waals surface area contributed by atoms with E-state index in [1.807, 2.05) is 37.3 Å². The van der Waals surface area contributed by atoms with Gasteiger partial charge in [0.1, 0.15) is 24.7 Å². The molecule has 24 heavy (non-hydrogen) atoms. The van der Waals surface area contributed by atoms with Gasteiger partial charge < -0.3 is 14.2 Å². The lowest BCUT2D eigenvalue weighted by molar-refractivity contribution is -0.151. The molecule has 2 aromatic carbocycles. The predicted molar refractivity (Wildman–Crippen MR) is 88.9 cm³/mol. The average molecular weight is 325 g/mol. The summed E-state index contributed by atoms with van der Waals surface area (Å²) in [6.45, 7) is 4.04. The smallest absolute Gasteiger partial charge is 0.347 e. The van der Waals surface area contributed by atoms with Crippen LogP contribution < -0.4 is 9.47 Å². The van der Waals surface area contributed by atoms with E-state index in [0.29, 0.717) is 11.3 Å². The van der Waals surface area contributed by atoms with Crippen LogP contribution in [0, 0.1) is 18.3 Å². The first-order chi connectivity index (χ1) is 11.6. The number of carbonyl (C=O) groups excluding carboxylic acids is 1. The Kier molecular flexibility index (Phi) is 6.21. The van der Waals surface area contributed by atoms with Crippen molar-refractivity contribution in [1.29, 1.82) is 5.26 Å². The van der Waals surface area contributed by atoms with Crippen molar-refractivity contribution in [3.8, 4) is 17.6 Å². The van der Waals surface area contributed by atoms with Gasteiger partial charge in [0.25, 0.3) is 0 Å². The molecule has 0 saturated carbocycles. The molecule has 1 atom stereocenters. The highest BCUT2D eigenvalue weighted by molar-refractivity contribution is 5.74. The van der Waals surface area contributed by atoms with Gasteiger partial charge in [0.05, 0.1) is 11.6 Å². The number of esters is 1. The summed E-state index contributed by atoms with van der Waals surface area (Å²) >= 11 is 0. The number of hydrogen-bond donors (Lipinski definition) is 0. The summed E-state index contributed by atoms with van der Waals surface area (Å²) in [5, 5.41) is 8.74. The van der Waals surface area contributed by atoms with E-state index in [1.165, 1.54) is 0 Å². The number of hydrogen-bond acceptors (Lipinski definition) is 5. The molecule has 0 heterocycles. The van der Waals surface area contributed by atoms with Crippen molar-refractivity contribution in [3.63, 3.8) is 0 Å². The number of nitriles is 1. The van der Waals surface area contributed by atoms with Crippen LogP contribution in [0.3, 0.4) is 0 Å². The first kappa shape index (κ1) is 17.4. The lowest BCUT2D eigenvalue weighted by atomic mass is 10.2. The molecule has 2 aromatic rings. The van der Waals surface area contributed by atoms with Crippen molar-refractivity contribution in [2.24, 2.45) is 0 Å². The largest absolute Gasteiger partial charge is 0.490 e. The van der Waals surface area contributed by atoms with Gasteiger partial charge in [-0.1, -0.05) is 17.7 Å². The van der Waals surface area contributed by atoms with Crippen LogP contribution in [0.1, 0.15) is 18.1 Å². The van der Waals surface area contributed by atoms with Crippen molar-refractivity contribution in [2.45, 2.75) is 20.0 Å². The van der Waals surface area contributed by atoms with Crippen molar-refractivity contribution >= 4 is 5.97 Å². The second-order valence-electron chi connectivity index (χ2n) is 5.23. The molecule has 0 aromatic heterocycles. The minimum Gasteiger partial charge on any atom is -0.490 e. The topological polar surface area (TPSA) is 68.6 Å². The minimum absolute atomic E-state index is 0.147. The molecule has 0 fully saturated rings. The second kappa shape index (κ2) is 8.59. The first-order valence-corrected chi connectivity index (χ1v) is 7.61. The Labute approximate surface area is 141 Å². The second-order valence-corrected chi connectivity index (χ2v) is 5.23. The molecule has 0 N–H and O–H groups in total. The number of nitrogens with zero attached hydrogens (tertiary/aromatic N) is 1. The maximum Gasteiger partial charge on any atom is 0.347 e. The Morgan fingerprint density at radius 1 is 1.04 bits per heavy atom. The van der Waals surface area contributed by atoms with Gasteiger partial charge in [-0.15, -0.1) is 0 Å². The van der Waals surface area contributed by atoms with Crippen LogP contribution in [0.4, 0.5) is 0 Å². The van der Waals surface area contributed by atoms with Crippen LogP contribution in [0.25, 0.3) is 0 Å². The van der Waals surface area contributed by atoms with Crippen LogP contribution in [0.5, 0.6) is 11.5 Å². The zero-order valence-corrected chi connectivity index (χ0v) is 13.7. The number of aryl methyl sites for hydroxylation is 1. The van der Waals surface area contributed by atoms with Crippen LogP contribution in [0.2, 0.25) is 0 Å². The van der Waals surface area contributed by atoms with E-state index in [-0.39, 0.29) is 13.2 Å². The summed E-state index contributed by atoms with van der Waals surface area (Å²) in [6, 6.07) is 16.2. The quantitative estimate of drug-likeness (QED) is 0.577. The van der Waals surface area contributed by atoms with Crippen molar-refractivity contribution in [2.75, 3.05) is 13.2 Å². The standard InChI is InChI=1S/C19H19NO4/c1-14-3-7-17(8-4-14)22-11-12-23-19(21)15(2)24-18-9-5-16(13-20)6-10-18/h3-10,15H,11-12H2,1-2H3/t15-/m0/s1. The average Bonchev–Trinajstić information content (AvgIpc) is 2.60. The van der Waals surface area contributed by atoms with Crippen molar-refractivity contribution in [3.05, 3.63) is 59.7 Å². The van der Waals surface area contributed by atoms with Gasteiger partial charge >= 0.3 is 5.97 Å². The zero-order chi connectivity index (χ0) is 17.4. The molecule has 0 aliphatic heterocycles. The molecule has 0 unspecified atom stereocenters. The molecule has 5 nitrogen and oxygen atoms in total. The number of rotatable bonds is 7. The third-order valence-corrected chi connectivity index (χ3v) is 3.25. The summed E-state index contributed by atoms with van der Waals surface area (Å²) in [6.07, 6.45) is -0.739. The highest BCUT2D eigenvalue weighted by Crippen LogP contribution is 2.14. The molecular weight excluding hydrogens is 306 g/mol. The van der Waals surface area contributed by atoms with Gasteiger partial charge in [0, 0.05) is 0 Å². The summed E-state index contributed by atoms with van der Waals surface area (Å²) in [5.74, 6) is 0.778. The van der Waals surface area contributed by atoms with Gasteiger partial charge in [0.15, 0.2) is 6.10 Å². The van der Waals surface area contributed by atoms with E-state index >= 15 is 0 Å². The van der Waals surface area contributed by atoms with E-state index in [4.69, 9.17) is 19.5 Å². The van der Waals surface area contributed by atoms with E-state index in [2.05, 4.69) is 0 Å². The highest BCUT2D eigenvalue weighted by atomic mass is 16.6. The molecule has 0 saturated heterocycles. The highest BCUT2D eigenvalue weighted by Gasteiger charge is 2.16. The molecule has 0 radical (unpaired) electrons. The van der Waals surface area contributed by atoms with Crippen molar-refractivity contribution < 1.29 is 19.0 Å². The molecule has 5 heteroatoms. The van der Waals surface area contributed by atoms with Gasteiger partial charge in [-0.3, -0.25) is 0 Å². The molecule has 0 amide bonds. The fourth-order valence-electron chi connectivity index (χ4n) is 1.91. The van der Waals surface area contributed by atoms with Gasteiger partial charge in [-0.25, -0.2) is 4.79 Å². The molecule has 124 valence electrons. The fraction of sp³-hybridized carbons (Fsp3) is 0.263. The lowest BCUT2D eigenvalue weighted by Gasteiger charge is -2.14. The Bertz CT molecular complexity index is 702. The summed E-state index contributed by atoms with van der Waals surface area (Å²) in [5.41, 5.74) is 1.69. The van der Waals surface area contributed by atoms with Gasteiger partial charge in [-0.2, -0.15) is 5.26 Å². The van der Waals surface area contributed by atoms with Crippen LogP contribution in [-0.2, 0) is 9.53 Å². The van der Waals surface area contributed by atoms with Crippen LogP contribution >= 0.6 is 0 Å². The molecule has 0 aliphatic rings. The summed E-state index contributed by atoms with van der Waals surface area (Å²) < 4.78 is 16.1. The SMILES string of the molecule is Cc1ccc(OCCOC(=O)[C@H](C)Oc2ccc(C#N)cc2)cc1.